The van der Waals surface area contributed by atoms with E-state index in [1.54, 1.807) is 14.0 Å². The molecule has 1 aliphatic rings. The molecule has 0 aromatic heterocycles. The highest BCUT2D eigenvalue weighted by Gasteiger charge is 2.52. The molecule has 5 heteroatoms. The molecule has 0 N–H and O–H groups in total. The lowest BCUT2D eigenvalue weighted by Crippen LogP contribution is -2.41. The SMILES string of the molecule is COc1c(C)cc(F)cc1B1OC(C)(C)C(C)(C)O1. The highest BCUT2D eigenvalue weighted by Crippen LogP contribution is 2.37. The highest BCUT2D eigenvalue weighted by molar-refractivity contribution is 6.63. The van der Waals surface area contributed by atoms with Gasteiger partial charge in [-0.1, -0.05) is 0 Å². The molecule has 1 heterocycles. The highest BCUT2D eigenvalue weighted by atomic mass is 19.1. The number of hydrogen-bond donors (Lipinski definition) is 0. The smallest absolute Gasteiger partial charge is 0.497 e. The van der Waals surface area contributed by atoms with Crippen molar-refractivity contribution < 1.29 is 18.4 Å². The monoisotopic (exact) mass is 266 g/mol. The molecule has 1 aromatic rings. The number of aryl methyl sites for hydroxylation is 1. The van der Waals surface area contributed by atoms with Crippen molar-refractivity contribution in [3.63, 3.8) is 0 Å². The van der Waals surface area contributed by atoms with Gasteiger partial charge in [0.2, 0.25) is 0 Å². The average molecular weight is 266 g/mol. The molecule has 3 nitrogen and oxygen atoms in total. The van der Waals surface area contributed by atoms with Crippen LogP contribution >= 0.6 is 0 Å². The van der Waals surface area contributed by atoms with Crippen molar-refractivity contribution in [1.29, 1.82) is 0 Å². The molecule has 1 fully saturated rings. The summed E-state index contributed by atoms with van der Waals surface area (Å²) in [6, 6.07) is 2.85. The van der Waals surface area contributed by atoms with E-state index in [1.807, 2.05) is 27.7 Å². The van der Waals surface area contributed by atoms with Gasteiger partial charge in [-0.25, -0.2) is 4.39 Å². The largest absolute Gasteiger partial charge is 0.498 e. The normalized spacial score (nSPS) is 20.7. The molecule has 2 rings (SSSR count). The summed E-state index contributed by atoms with van der Waals surface area (Å²) in [5.41, 5.74) is 0.414. The van der Waals surface area contributed by atoms with Crippen LogP contribution in [0.4, 0.5) is 4.39 Å². The first-order valence-electron chi connectivity index (χ1n) is 6.37. The molecule has 0 bridgehead atoms. The molecule has 104 valence electrons. The van der Waals surface area contributed by atoms with Gasteiger partial charge in [0, 0.05) is 5.46 Å². The van der Waals surface area contributed by atoms with Crippen molar-refractivity contribution in [1.82, 2.24) is 0 Å². The van der Waals surface area contributed by atoms with E-state index in [2.05, 4.69) is 0 Å². The van der Waals surface area contributed by atoms with Crippen molar-refractivity contribution >= 4 is 12.6 Å². The van der Waals surface area contributed by atoms with Gasteiger partial charge < -0.3 is 14.0 Å². The summed E-state index contributed by atoms with van der Waals surface area (Å²) in [4.78, 5) is 0. The molecule has 0 unspecified atom stereocenters. The van der Waals surface area contributed by atoms with Crippen molar-refractivity contribution in [3.05, 3.63) is 23.5 Å². The third-order valence-corrected chi connectivity index (χ3v) is 3.98. The van der Waals surface area contributed by atoms with Gasteiger partial charge in [0.15, 0.2) is 0 Å². The fourth-order valence-corrected chi connectivity index (χ4v) is 2.18. The zero-order valence-electron chi connectivity index (χ0n) is 12.3. The maximum absolute atomic E-state index is 13.6. The van der Waals surface area contributed by atoms with Crippen LogP contribution in [0, 0.1) is 12.7 Å². The molecule has 0 radical (unpaired) electrons. The van der Waals surface area contributed by atoms with E-state index >= 15 is 0 Å². The number of methoxy groups -OCH3 is 1. The zero-order valence-corrected chi connectivity index (χ0v) is 12.3. The van der Waals surface area contributed by atoms with Crippen molar-refractivity contribution in [3.8, 4) is 5.75 Å². The summed E-state index contributed by atoms with van der Waals surface area (Å²) in [6.45, 7) is 9.66. The fourth-order valence-electron chi connectivity index (χ4n) is 2.18. The first-order chi connectivity index (χ1) is 8.68. The molecule has 0 amide bonds. The van der Waals surface area contributed by atoms with Crippen LogP contribution in [0.3, 0.4) is 0 Å². The van der Waals surface area contributed by atoms with Gasteiger partial charge in [-0.2, -0.15) is 0 Å². The van der Waals surface area contributed by atoms with Crippen LogP contribution in [0.25, 0.3) is 0 Å². The number of benzene rings is 1. The molecule has 0 spiro atoms. The molecular weight excluding hydrogens is 246 g/mol. The van der Waals surface area contributed by atoms with Gasteiger partial charge >= 0.3 is 7.12 Å². The predicted molar refractivity (Wildman–Crippen MR) is 73.4 cm³/mol. The second-order valence-electron chi connectivity index (χ2n) is 5.93. The lowest BCUT2D eigenvalue weighted by atomic mass is 9.77. The second-order valence-corrected chi connectivity index (χ2v) is 5.93. The van der Waals surface area contributed by atoms with E-state index in [9.17, 15) is 4.39 Å². The average Bonchev–Trinajstić information content (AvgIpc) is 2.47. The third kappa shape index (κ3) is 2.37. The van der Waals surface area contributed by atoms with E-state index in [4.69, 9.17) is 14.0 Å². The number of hydrogen-bond acceptors (Lipinski definition) is 3. The molecular formula is C14H20BFO3. The zero-order chi connectivity index (χ0) is 14.4. The molecule has 1 aromatic carbocycles. The van der Waals surface area contributed by atoms with E-state index in [-0.39, 0.29) is 5.82 Å². The molecule has 0 saturated carbocycles. The molecule has 0 aliphatic carbocycles. The first kappa shape index (κ1) is 14.3. The standard InChI is InChI=1S/C14H20BFO3/c1-9-7-10(16)8-11(12(9)17-6)15-18-13(2,3)14(4,5)19-15/h7-8H,1-6H3. The summed E-state index contributed by atoms with van der Waals surface area (Å²) >= 11 is 0. The quantitative estimate of drug-likeness (QED) is 0.769. The fraction of sp³-hybridized carbons (Fsp3) is 0.571. The van der Waals surface area contributed by atoms with Crippen LogP contribution in [-0.2, 0) is 9.31 Å². The summed E-state index contributed by atoms with van der Waals surface area (Å²) in [6.07, 6.45) is 0. The predicted octanol–water partition coefficient (Wildman–Crippen LogP) is 2.44. The van der Waals surface area contributed by atoms with Crippen LogP contribution in [0.5, 0.6) is 5.75 Å². The Kier molecular flexibility index (Phi) is 3.39. The third-order valence-electron chi connectivity index (χ3n) is 3.98. The van der Waals surface area contributed by atoms with E-state index in [0.29, 0.717) is 11.2 Å². The van der Waals surface area contributed by atoms with Gasteiger partial charge in [0.1, 0.15) is 11.6 Å². The summed E-state index contributed by atoms with van der Waals surface area (Å²) < 4.78 is 30.8. The van der Waals surface area contributed by atoms with Crippen molar-refractivity contribution in [2.75, 3.05) is 7.11 Å². The van der Waals surface area contributed by atoms with E-state index in [1.165, 1.54) is 12.1 Å². The lowest BCUT2D eigenvalue weighted by Gasteiger charge is -2.32. The van der Waals surface area contributed by atoms with Crippen LogP contribution in [-0.4, -0.2) is 25.4 Å². The number of ether oxygens (including phenoxy) is 1. The van der Waals surface area contributed by atoms with Gasteiger partial charge in [-0.3, -0.25) is 0 Å². The lowest BCUT2D eigenvalue weighted by molar-refractivity contribution is 0.00578. The Morgan fingerprint density at radius 2 is 1.63 bits per heavy atom. The Morgan fingerprint density at radius 3 is 2.11 bits per heavy atom. The summed E-state index contributed by atoms with van der Waals surface area (Å²) in [5.74, 6) is 0.294. The van der Waals surface area contributed by atoms with Gasteiger partial charge in [0.25, 0.3) is 0 Å². The van der Waals surface area contributed by atoms with E-state index in [0.717, 1.165) is 5.56 Å². The minimum absolute atomic E-state index is 0.317. The number of halogens is 1. The minimum Gasteiger partial charge on any atom is -0.497 e. The Labute approximate surface area is 114 Å². The van der Waals surface area contributed by atoms with Crippen LogP contribution in [0.1, 0.15) is 33.3 Å². The van der Waals surface area contributed by atoms with Gasteiger partial charge in [-0.15, -0.1) is 0 Å². The van der Waals surface area contributed by atoms with Crippen LogP contribution in [0.2, 0.25) is 0 Å². The number of rotatable bonds is 2. The topological polar surface area (TPSA) is 27.7 Å². The summed E-state index contributed by atoms with van der Waals surface area (Å²) in [5, 5.41) is 0. The van der Waals surface area contributed by atoms with Crippen molar-refractivity contribution in [2.45, 2.75) is 45.8 Å². The second kappa shape index (κ2) is 4.49. The Morgan fingerprint density at radius 1 is 1.11 bits per heavy atom. The minimum atomic E-state index is -0.616. The molecule has 1 saturated heterocycles. The molecule has 0 atom stereocenters. The maximum atomic E-state index is 13.6. The van der Waals surface area contributed by atoms with Gasteiger partial charge in [-0.05, 0) is 52.3 Å². The summed E-state index contributed by atoms with van der Waals surface area (Å²) in [7, 11) is 0.948. The Balaban J connectivity index is 2.45. The van der Waals surface area contributed by atoms with Crippen molar-refractivity contribution in [2.24, 2.45) is 0 Å². The molecule has 19 heavy (non-hydrogen) atoms. The van der Waals surface area contributed by atoms with Crippen LogP contribution < -0.4 is 10.2 Å². The molecule has 1 aliphatic heterocycles. The van der Waals surface area contributed by atoms with Gasteiger partial charge in [0.05, 0.1) is 18.3 Å². The first-order valence-corrected chi connectivity index (χ1v) is 6.37. The van der Waals surface area contributed by atoms with Crippen LogP contribution in [0.15, 0.2) is 12.1 Å². The Bertz CT molecular complexity index is 484. The van der Waals surface area contributed by atoms with E-state index < -0.39 is 18.3 Å². The maximum Gasteiger partial charge on any atom is 0.498 e. The Hall–Kier alpha value is -1.07.